The van der Waals surface area contributed by atoms with Gasteiger partial charge in [-0.15, -0.1) is 13.2 Å². The summed E-state index contributed by atoms with van der Waals surface area (Å²) < 4.78 is 45.5. The van der Waals surface area contributed by atoms with Crippen molar-refractivity contribution in [3.05, 3.63) is 29.8 Å². The van der Waals surface area contributed by atoms with Crippen molar-refractivity contribution < 1.29 is 22.6 Å². The predicted octanol–water partition coefficient (Wildman–Crippen LogP) is 3.20. The van der Waals surface area contributed by atoms with Crippen LogP contribution in [-0.2, 0) is 11.3 Å². The SMILES string of the molecule is CN(Cc1ccc(OC(F)(F)F)cc1)CC1CCCO1. The fraction of sp³-hybridized carbons (Fsp3) is 0.571. The van der Waals surface area contributed by atoms with E-state index < -0.39 is 6.36 Å². The van der Waals surface area contributed by atoms with Gasteiger partial charge in [0, 0.05) is 19.7 Å². The maximum absolute atomic E-state index is 12.0. The molecule has 1 aromatic rings. The molecule has 0 saturated carbocycles. The van der Waals surface area contributed by atoms with Crippen molar-refractivity contribution >= 4 is 0 Å². The molecule has 0 bridgehead atoms. The van der Waals surface area contributed by atoms with Gasteiger partial charge in [0.2, 0.25) is 0 Å². The summed E-state index contributed by atoms with van der Waals surface area (Å²) in [6.07, 6.45) is -2.20. The van der Waals surface area contributed by atoms with E-state index in [4.69, 9.17) is 4.74 Å². The van der Waals surface area contributed by atoms with Crippen LogP contribution in [0.1, 0.15) is 18.4 Å². The van der Waals surface area contributed by atoms with Gasteiger partial charge in [-0.1, -0.05) is 12.1 Å². The fourth-order valence-electron chi connectivity index (χ4n) is 2.31. The number of rotatable bonds is 5. The van der Waals surface area contributed by atoms with Gasteiger partial charge >= 0.3 is 6.36 Å². The van der Waals surface area contributed by atoms with Crippen LogP contribution in [-0.4, -0.2) is 37.6 Å². The van der Waals surface area contributed by atoms with E-state index in [2.05, 4.69) is 9.64 Å². The number of benzene rings is 1. The molecule has 1 heterocycles. The van der Waals surface area contributed by atoms with E-state index in [9.17, 15) is 13.2 Å². The Morgan fingerprint density at radius 1 is 1.30 bits per heavy atom. The van der Waals surface area contributed by atoms with Crippen molar-refractivity contribution in [2.24, 2.45) is 0 Å². The van der Waals surface area contributed by atoms with Gasteiger partial charge in [0.1, 0.15) is 5.75 Å². The number of ether oxygens (including phenoxy) is 2. The van der Waals surface area contributed by atoms with Crippen molar-refractivity contribution in [2.75, 3.05) is 20.2 Å². The fourth-order valence-corrected chi connectivity index (χ4v) is 2.31. The molecule has 1 aliphatic rings. The molecule has 1 aromatic carbocycles. The van der Waals surface area contributed by atoms with Crippen molar-refractivity contribution in [1.82, 2.24) is 4.90 Å². The summed E-state index contributed by atoms with van der Waals surface area (Å²) >= 11 is 0. The summed E-state index contributed by atoms with van der Waals surface area (Å²) in [6, 6.07) is 5.96. The van der Waals surface area contributed by atoms with Gasteiger partial charge in [0.15, 0.2) is 0 Å². The third-order valence-electron chi connectivity index (χ3n) is 3.15. The first-order valence-electron chi connectivity index (χ1n) is 6.57. The van der Waals surface area contributed by atoms with Crippen LogP contribution in [0.15, 0.2) is 24.3 Å². The molecule has 6 heteroatoms. The van der Waals surface area contributed by atoms with Gasteiger partial charge in [-0.3, -0.25) is 4.90 Å². The molecule has 0 aromatic heterocycles. The van der Waals surface area contributed by atoms with Gasteiger partial charge in [0.05, 0.1) is 6.10 Å². The molecule has 112 valence electrons. The molecule has 3 nitrogen and oxygen atoms in total. The number of alkyl halides is 3. The third kappa shape index (κ3) is 5.02. The summed E-state index contributed by atoms with van der Waals surface area (Å²) in [5, 5.41) is 0. The molecule has 0 radical (unpaired) electrons. The third-order valence-corrected chi connectivity index (χ3v) is 3.15. The Hall–Kier alpha value is -1.27. The zero-order chi connectivity index (χ0) is 14.6. The van der Waals surface area contributed by atoms with Crippen molar-refractivity contribution in [3.8, 4) is 5.75 Å². The van der Waals surface area contributed by atoms with E-state index >= 15 is 0 Å². The lowest BCUT2D eigenvalue weighted by molar-refractivity contribution is -0.274. The second kappa shape index (κ2) is 6.45. The lowest BCUT2D eigenvalue weighted by atomic mass is 10.2. The second-order valence-electron chi connectivity index (χ2n) is 5.02. The molecule has 2 rings (SSSR count). The van der Waals surface area contributed by atoms with Gasteiger partial charge < -0.3 is 9.47 Å². The minimum Gasteiger partial charge on any atom is -0.406 e. The molecule has 0 spiro atoms. The number of likely N-dealkylation sites (N-methyl/N-ethyl adjacent to an activating group) is 1. The molecule has 1 unspecified atom stereocenters. The predicted molar refractivity (Wildman–Crippen MR) is 68.4 cm³/mol. The smallest absolute Gasteiger partial charge is 0.406 e. The summed E-state index contributed by atoms with van der Waals surface area (Å²) in [7, 11) is 1.97. The zero-order valence-corrected chi connectivity index (χ0v) is 11.3. The average Bonchev–Trinajstić information content (AvgIpc) is 2.82. The van der Waals surface area contributed by atoms with E-state index in [1.165, 1.54) is 12.1 Å². The first-order valence-corrected chi connectivity index (χ1v) is 6.57. The van der Waals surface area contributed by atoms with Crippen LogP contribution in [0.25, 0.3) is 0 Å². The van der Waals surface area contributed by atoms with E-state index in [0.717, 1.165) is 31.6 Å². The minimum atomic E-state index is -4.64. The number of hydrogen-bond acceptors (Lipinski definition) is 3. The monoisotopic (exact) mass is 289 g/mol. The molecule has 0 aliphatic carbocycles. The zero-order valence-electron chi connectivity index (χ0n) is 11.3. The lowest BCUT2D eigenvalue weighted by Gasteiger charge is -2.20. The van der Waals surface area contributed by atoms with Gasteiger partial charge in [-0.25, -0.2) is 0 Å². The quantitative estimate of drug-likeness (QED) is 0.831. The van der Waals surface area contributed by atoms with Crippen LogP contribution in [0.4, 0.5) is 13.2 Å². The molecule has 1 atom stereocenters. The molecule has 20 heavy (non-hydrogen) atoms. The highest BCUT2D eigenvalue weighted by atomic mass is 19.4. The lowest BCUT2D eigenvalue weighted by Crippen LogP contribution is -2.28. The normalized spacial score (nSPS) is 19.6. The van der Waals surface area contributed by atoms with Crippen LogP contribution in [0.3, 0.4) is 0 Å². The summed E-state index contributed by atoms with van der Waals surface area (Å²) in [6.45, 7) is 2.33. The molecule has 1 saturated heterocycles. The Kier molecular flexibility index (Phi) is 4.88. The number of halogens is 3. The molecule has 0 N–H and O–H groups in total. The first kappa shape index (κ1) is 15.1. The highest BCUT2D eigenvalue weighted by Crippen LogP contribution is 2.23. The Morgan fingerprint density at radius 2 is 2.00 bits per heavy atom. The van der Waals surface area contributed by atoms with Gasteiger partial charge in [-0.05, 0) is 37.6 Å². The summed E-state index contributed by atoms with van der Waals surface area (Å²) in [5.41, 5.74) is 0.944. The minimum absolute atomic E-state index is 0.192. The van der Waals surface area contributed by atoms with E-state index in [1.807, 2.05) is 7.05 Å². The Labute approximate surface area is 116 Å². The van der Waals surface area contributed by atoms with Crippen LogP contribution in [0.5, 0.6) is 5.75 Å². The molecule has 1 aliphatic heterocycles. The van der Waals surface area contributed by atoms with Gasteiger partial charge in [0.25, 0.3) is 0 Å². The highest BCUT2D eigenvalue weighted by Gasteiger charge is 2.30. The Morgan fingerprint density at radius 3 is 2.55 bits per heavy atom. The Bertz CT molecular complexity index is 413. The summed E-state index contributed by atoms with van der Waals surface area (Å²) in [5.74, 6) is -0.192. The first-order chi connectivity index (χ1) is 9.42. The van der Waals surface area contributed by atoms with E-state index in [1.54, 1.807) is 12.1 Å². The highest BCUT2D eigenvalue weighted by molar-refractivity contribution is 5.27. The average molecular weight is 289 g/mol. The maximum atomic E-state index is 12.0. The van der Waals surface area contributed by atoms with E-state index in [-0.39, 0.29) is 11.9 Å². The molecular weight excluding hydrogens is 271 g/mol. The van der Waals surface area contributed by atoms with Crippen LogP contribution >= 0.6 is 0 Å². The standard InChI is InChI=1S/C14H18F3NO2/c1-18(10-13-3-2-8-19-13)9-11-4-6-12(7-5-11)20-14(15,16)17/h4-7,13H,2-3,8-10H2,1H3. The number of hydrogen-bond donors (Lipinski definition) is 0. The van der Waals surface area contributed by atoms with Crippen molar-refractivity contribution in [3.63, 3.8) is 0 Å². The molecular formula is C14H18F3NO2. The number of nitrogens with zero attached hydrogens (tertiary/aromatic N) is 1. The molecule has 0 amide bonds. The van der Waals surface area contributed by atoms with Crippen LogP contribution < -0.4 is 4.74 Å². The Balaban J connectivity index is 1.83. The maximum Gasteiger partial charge on any atom is 0.573 e. The van der Waals surface area contributed by atoms with E-state index in [0.29, 0.717) is 6.54 Å². The topological polar surface area (TPSA) is 21.7 Å². The summed E-state index contributed by atoms with van der Waals surface area (Å²) in [4.78, 5) is 2.11. The van der Waals surface area contributed by atoms with Crippen LogP contribution in [0, 0.1) is 0 Å². The van der Waals surface area contributed by atoms with Gasteiger partial charge in [-0.2, -0.15) is 0 Å². The van der Waals surface area contributed by atoms with Crippen LogP contribution in [0.2, 0.25) is 0 Å². The largest absolute Gasteiger partial charge is 0.573 e. The van der Waals surface area contributed by atoms with Crippen molar-refractivity contribution in [2.45, 2.75) is 31.9 Å². The second-order valence-corrected chi connectivity index (χ2v) is 5.02. The molecule has 1 fully saturated rings. The van der Waals surface area contributed by atoms with Crippen molar-refractivity contribution in [1.29, 1.82) is 0 Å².